The van der Waals surface area contributed by atoms with Gasteiger partial charge in [0.15, 0.2) is 0 Å². The highest BCUT2D eigenvalue weighted by atomic mass is 19.4. The fraction of sp³-hybridized carbons (Fsp3) is 0.357. The minimum Gasteiger partial charge on any atom is -0.396 e. The van der Waals surface area contributed by atoms with Gasteiger partial charge >= 0.3 is 6.18 Å². The standard InChI is InChI=1S/C14H15F3N6/c1-2-19-13-22-6-10(18)11(23-13)9-5-21-12-8(9)3-7(4-20-12)14(15,16)17/h3-4,6,9H,2,5,18H2,1H3,(H,20,21)(H,19,22,23). The van der Waals surface area contributed by atoms with Crippen molar-refractivity contribution in [2.24, 2.45) is 0 Å². The Bertz CT molecular complexity index is 731. The minimum absolute atomic E-state index is 0.337. The molecule has 0 spiro atoms. The molecule has 1 atom stereocenters. The van der Waals surface area contributed by atoms with Gasteiger partial charge in [-0.15, -0.1) is 0 Å². The molecule has 0 aliphatic carbocycles. The molecule has 0 fully saturated rings. The Morgan fingerprint density at radius 2 is 2.13 bits per heavy atom. The predicted molar refractivity (Wildman–Crippen MR) is 80.2 cm³/mol. The van der Waals surface area contributed by atoms with Gasteiger partial charge in [0.05, 0.1) is 23.1 Å². The van der Waals surface area contributed by atoms with Crippen molar-refractivity contribution in [3.8, 4) is 0 Å². The fourth-order valence-electron chi connectivity index (χ4n) is 2.53. The molecule has 0 amide bonds. The van der Waals surface area contributed by atoms with E-state index in [4.69, 9.17) is 5.73 Å². The van der Waals surface area contributed by atoms with Crippen LogP contribution in [0.1, 0.15) is 29.7 Å². The topological polar surface area (TPSA) is 88.8 Å². The highest BCUT2D eigenvalue weighted by Gasteiger charge is 2.35. The lowest BCUT2D eigenvalue weighted by Crippen LogP contribution is -2.13. The van der Waals surface area contributed by atoms with E-state index in [1.165, 1.54) is 6.20 Å². The van der Waals surface area contributed by atoms with E-state index in [9.17, 15) is 13.2 Å². The molecule has 23 heavy (non-hydrogen) atoms. The minimum atomic E-state index is -4.44. The zero-order valence-electron chi connectivity index (χ0n) is 12.3. The Labute approximate surface area is 130 Å². The van der Waals surface area contributed by atoms with Crippen LogP contribution in [-0.4, -0.2) is 28.0 Å². The van der Waals surface area contributed by atoms with E-state index in [2.05, 4.69) is 25.6 Å². The fourth-order valence-corrected chi connectivity index (χ4v) is 2.53. The van der Waals surface area contributed by atoms with Gasteiger partial charge in [-0.1, -0.05) is 0 Å². The summed E-state index contributed by atoms with van der Waals surface area (Å²) in [5, 5.41) is 5.96. The number of anilines is 3. The molecule has 0 radical (unpaired) electrons. The molecule has 0 aromatic carbocycles. The molecule has 0 bridgehead atoms. The van der Waals surface area contributed by atoms with Gasteiger partial charge in [0.2, 0.25) is 5.95 Å². The molecule has 1 unspecified atom stereocenters. The zero-order valence-corrected chi connectivity index (χ0v) is 12.3. The van der Waals surface area contributed by atoms with E-state index in [0.717, 1.165) is 12.3 Å². The Balaban J connectivity index is 2.03. The molecule has 122 valence electrons. The smallest absolute Gasteiger partial charge is 0.396 e. The summed E-state index contributed by atoms with van der Waals surface area (Å²) < 4.78 is 38.7. The second-order valence-electron chi connectivity index (χ2n) is 5.16. The van der Waals surface area contributed by atoms with Crippen LogP contribution < -0.4 is 16.4 Å². The van der Waals surface area contributed by atoms with Crippen LogP contribution in [0.25, 0.3) is 0 Å². The molecular formula is C14H15F3N6. The quantitative estimate of drug-likeness (QED) is 0.804. The van der Waals surface area contributed by atoms with Gasteiger partial charge in [-0.25, -0.2) is 15.0 Å². The second-order valence-corrected chi connectivity index (χ2v) is 5.16. The largest absolute Gasteiger partial charge is 0.417 e. The molecule has 1 aliphatic heterocycles. The van der Waals surface area contributed by atoms with Crippen LogP contribution in [0, 0.1) is 0 Å². The number of nitrogens with one attached hydrogen (secondary N) is 2. The third-order valence-corrected chi connectivity index (χ3v) is 3.61. The van der Waals surface area contributed by atoms with Gasteiger partial charge in [-0.2, -0.15) is 13.2 Å². The van der Waals surface area contributed by atoms with Gasteiger partial charge in [0.1, 0.15) is 5.82 Å². The number of nitrogens with zero attached hydrogens (tertiary/aromatic N) is 3. The van der Waals surface area contributed by atoms with E-state index in [1.54, 1.807) is 0 Å². The summed E-state index contributed by atoms with van der Waals surface area (Å²) in [7, 11) is 0. The number of nitrogens with two attached hydrogens (primary N) is 1. The summed E-state index contributed by atoms with van der Waals surface area (Å²) in [5.74, 6) is 0.413. The van der Waals surface area contributed by atoms with Crippen LogP contribution in [0.2, 0.25) is 0 Å². The van der Waals surface area contributed by atoms with Gasteiger partial charge < -0.3 is 16.4 Å². The second kappa shape index (κ2) is 5.56. The average molecular weight is 324 g/mol. The maximum absolute atomic E-state index is 12.9. The number of fused-ring (bicyclic) bond motifs is 1. The van der Waals surface area contributed by atoms with Crippen LogP contribution in [0.3, 0.4) is 0 Å². The summed E-state index contributed by atoms with van der Waals surface area (Å²) in [6.07, 6.45) is -2.16. The number of rotatable bonds is 3. The van der Waals surface area contributed by atoms with Crippen molar-refractivity contribution < 1.29 is 13.2 Å². The monoisotopic (exact) mass is 324 g/mol. The van der Waals surface area contributed by atoms with Crippen molar-refractivity contribution in [2.45, 2.75) is 19.0 Å². The third-order valence-electron chi connectivity index (χ3n) is 3.61. The van der Waals surface area contributed by atoms with Crippen molar-refractivity contribution in [1.82, 2.24) is 15.0 Å². The van der Waals surface area contributed by atoms with Crippen molar-refractivity contribution in [3.63, 3.8) is 0 Å². The van der Waals surface area contributed by atoms with E-state index in [1.807, 2.05) is 6.92 Å². The Kier molecular flexibility index (Phi) is 3.70. The summed E-state index contributed by atoms with van der Waals surface area (Å²) in [6, 6.07) is 1.10. The highest BCUT2D eigenvalue weighted by Crippen LogP contribution is 2.39. The third kappa shape index (κ3) is 2.86. The average Bonchev–Trinajstić information content (AvgIpc) is 2.91. The molecule has 0 saturated heterocycles. The maximum Gasteiger partial charge on any atom is 0.417 e. The van der Waals surface area contributed by atoms with E-state index in [-0.39, 0.29) is 0 Å². The number of hydrogen-bond donors (Lipinski definition) is 3. The predicted octanol–water partition coefficient (Wildman–Crippen LogP) is 2.46. The van der Waals surface area contributed by atoms with Crippen LogP contribution in [-0.2, 0) is 6.18 Å². The van der Waals surface area contributed by atoms with Crippen LogP contribution >= 0.6 is 0 Å². The lowest BCUT2D eigenvalue weighted by Gasteiger charge is -2.14. The molecule has 3 heterocycles. The van der Waals surface area contributed by atoms with Gasteiger partial charge in [0, 0.05) is 30.8 Å². The molecule has 1 aliphatic rings. The summed E-state index contributed by atoms with van der Waals surface area (Å²) >= 11 is 0. The maximum atomic E-state index is 12.9. The highest BCUT2D eigenvalue weighted by molar-refractivity contribution is 5.60. The molecular weight excluding hydrogens is 309 g/mol. The first-order valence-corrected chi connectivity index (χ1v) is 7.07. The molecule has 6 nitrogen and oxygen atoms in total. The Hall–Kier alpha value is -2.58. The first-order chi connectivity index (χ1) is 10.9. The molecule has 2 aromatic heterocycles. The van der Waals surface area contributed by atoms with Gasteiger partial charge in [0.25, 0.3) is 0 Å². The lowest BCUT2D eigenvalue weighted by atomic mass is 9.97. The molecule has 4 N–H and O–H groups in total. The summed E-state index contributed by atoms with van der Waals surface area (Å²) in [5.41, 5.74) is 6.40. The lowest BCUT2D eigenvalue weighted by molar-refractivity contribution is -0.137. The Morgan fingerprint density at radius 1 is 1.35 bits per heavy atom. The van der Waals surface area contributed by atoms with Gasteiger partial charge in [-0.05, 0) is 13.0 Å². The van der Waals surface area contributed by atoms with Crippen LogP contribution in [0.5, 0.6) is 0 Å². The van der Waals surface area contributed by atoms with Crippen molar-refractivity contribution in [1.29, 1.82) is 0 Å². The normalized spacial score (nSPS) is 16.8. The number of pyridine rings is 1. The van der Waals surface area contributed by atoms with Crippen molar-refractivity contribution in [3.05, 3.63) is 35.3 Å². The van der Waals surface area contributed by atoms with Crippen molar-refractivity contribution >= 4 is 17.5 Å². The first-order valence-electron chi connectivity index (χ1n) is 7.07. The van der Waals surface area contributed by atoms with Crippen LogP contribution in [0.4, 0.5) is 30.6 Å². The number of nitrogen functional groups attached to an aromatic ring is 1. The van der Waals surface area contributed by atoms with E-state index >= 15 is 0 Å². The first kappa shape index (κ1) is 15.3. The number of hydrogen-bond acceptors (Lipinski definition) is 6. The zero-order chi connectivity index (χ0) is 16.6. The molecule has 2 aromatic rings. The van der Waals surface area contributed by atoms with E-state index < -0.39 is 17.7 Å². The summed E-state index contributed by atoms with van der Waals surface area (Å²) in [6.45, 7) is 2.91. The number of aromatic nitrogens is 3. The SMILES string of the molecule is CCNc1ncc(N)c(C2CNc3ncc(C(F)(F)F)cc32)n1. The number of halogens is 3. The van der Waals surface area contributed by atoms with Crippen LogP contribution in [0.15, 0.2) is 18.5 Å². The number of alkyl halides is 3. The van der Waals surface area contributed by atoms with Gasteiger partial charge in [-0.3, -0.25) is 0 Å². The molecule has 3 rings (SSSR count). The molecule has 9 heteroatoms. The van der Waals surface area contributed by atoms with Crippen molar-refractivity contribution in [2.75, 3.05) is 29.5 Å². The molecule has 0 saturated carbocycles. The summed E-state index contributed by atoms with van der Waals surface area (Å²) in [4.78, 5) is 12.2. The van der Waals surface area contributed by atoms with E-state index in [0.29, 0.717) is 41.8 Å². The Morgan fingerprint density at radius 3 is 2.83 bits per heavy atom.